The first-order chi connectivity index (χ1) is 9.50. The van der Waals surface area contributed by atoms with E-state index in [0.717, 1.165) is 25.8 Å². The molecule has 3 N–H and O–H groups in total. The van der Waals surface area contributed by atoms with E-state index in [1.165, 1.54) is 30.7 Å². The number of aromatic carboxylic acids is 2. The van der Waals surface area contributed by atoms with Crippen molar-refractivity contribution >= 4 is 17.8 Å². The van der Waals surface area contributed by atoms with Gasteiger partial charge in [0, 0.05) is 13.0 Å². The van der Waals surface area contributed by atoms with Crippen molar-refractivity contribution in [3.8, 4) is 0 Å². The van der Waals surface area contributed by atoms with Gasteiger partial charge in [-0.25, -0.2) is 9.59 Å². The van der Waals surface area contributed by atoms with Gasteiger partial charge in [0.15, 0.2) is 0 Å². The van der Waals surface area contributed by atoms with E-state index >= 15 is 0 Å². The molecule has 0 aromatic heterocycles. The number of amides is 1. The zero-order chi connectivity index (χ0) is 15.0. The number of benzene rings is 1. The van der Waals surface area contributed by atoms with Gasteiger partial charge in [-0.2, -0.15) is 0 Å². The van der Waals surface area contributed by atoms with Gasteiger partial charge >= 0.3 is 11.9 Å². The molecule has 108 valence electrons. The number of hydrogen-bond donors (Lipinski definition) is 3. The molecular weight excluding hydrogens is 262 g/mol. The molecule has 20 heavy (non-hydrogen) atoms. The van der Waals surface area contributed by atoms with Crippen LogP contribution in [0.15, 0.2) is 24.3 Å². The molecule has 1 aliphatic rings. The number of hydrogen-bond acceptors (Lipinski definition) is 3. The maximum atomic E-state index is 10.6. The Bertz CT molecular complexity index is 438. The molecule has 1 aromatic carbocycles. The van der Waals surface area contributed by atoms with Crippen molar-refractivity contribution in [3.05, 3.63) is 35.4 Å². The minimum absolute atomic E-state index is 0.0833. The van der Waals surface area contributed by atoms with Crippen molar-refractivity contribution in [3.63, 3.8) is 0 Å². The van der Waals surface area contributed by atoms with Crippen LogP contribution in [0.5, 0.6) is 0 Å². The summed E-state index contributed by atoms with van der Waals surface area (Å²) < 4.78 is 0. The highest BCUT2D eigenvalue weighted by Gasteiger charge is 2.05. The summed E-state index contributed by atoms with van der Waals surface area (Å²) in [5.41, 5.74) is 0.167. The molecule has 0 spiro atoms. The van der Waals surface area contributed by atoms with E-state index in [2.05, 4.69) is 5.32 Å². The van der Waals surface area contributed by atoms with Crippen LogP contribution < -0.4 is 5.32 Å². The molecule has 1 amide bonds. The number of carboxylic acid groups (broad SMARTS) is 2. The van der Waals surface area contributed by atoms with Crippen LogP contribution in [0.25, 0.3) is 0 Å². The standard InChI is InChI=1S/C8H6O4.C6H11NO/c9-7(10)5-1-2-6(4-3-5)8(11)12;8-6-4-2-1-3-5-7-6/h1-4H,(H,9,10)(H,11,12);1-5H2,(H,7,8). The van der Waals surface area contributed by atoms with E-state index < -0.39 is 11.9 Å². The Hall–Kier alpha value is -2.37. The van der Waals surface area contributed by atoms with Crippen molar-refractivity contribution in [2.75, 3.05) is 6.54 Å². The highest BCUT2D eigenvalue weighted by atomic mass is 16.4. The fraction of sp³-hybridized carbons (Fsp3) is 0.357. The van der Waals surface area contributed by atoms with E-state index in [-0.39, 0.29) is 17.0 Å². The molecule has 1 aliphatic heterocycles. The second kappa shape index (κ2) is 7.93. The average Bonchev–Trinajstić information content (AvgIpc) is 2.67. The largest absolute Gasteiger partial charge is 0.478 e. The van der Waals surface area contributed by atoms with Gasteiger partial charge in [0.25, 0.3) is 0 Å². The van der Waals surface area contributed by atoms with Crippen LogP contribution in [0.1, 0.15) is 46.4 Å². The van der Waals surface area contributed by atoms with Crippen LogP contribution in [0.4, 0.5) is 0 Å². The summed E-state index contributed by atoms with van der Waals surface area (Å²) in [5.74, 6) is -1.90. The summed E-state index contributed by atoms with van der Waals surface area (Å²) >= 11 is 0. The third-order valence-electron chi connectivity index (χ3n) is 2.78. The van der Waals surface area contributed by atoms with Gasteiger partial charge in [-0.05, 0) is 37.1 Å². The Morgan fingerprint density at radius 2 is 1.40 bits per heavy atom. The van der Waals surface area contributed by atoms with Gasteiger partial charge in [0.1, 0.15) is 0 Å². The summed E-state index contributed by atoms with van der Waals surface area (Å²) in [7, 11) is 0. The lowest BCUT2D eigenvalue weighted by atomic mass is 10.1. The quantitative estimate of drug-likeness (QED) is 0.765. The molecule has 1 fully saturated rings. The minimum atomic E-state index is -1.06. The summed E-state index contributed by atoms with van der Waals surface area (Å²) in [6.07, 6.45) is 4.18. The molecule has 6 nitrogen and oxygen atoms in total. The maximum absolute atomic E-state index is 10.6. The van der Waals surface area contributed by atoms with Gasteiger partial charge in [-0.15, -0.1) is 0 Å². The zero-order valence-corrected chi connectivity index (χ0v) is 11.0. The molecule has 0 bridgehead atoms. The molecule has 0 aliphatic carbocycles. The van der Waals surface area contributed by atoms with E-state index in [0.29, 0.717) is 0 Å². The Morgan fingerprint density at radius 3 is 1.85 bits per heavy atom. The smallest absolute Gasteiger partial charge is 0.335 e. The molecule has 0 radical (unpaired) electrons. The fourth-order valence-electron chi connectivity index (χ4n) is 1.66. The Labute approximate surface area is 116 Å². The van der Waals surface area contributed by atoms with Crippen LogP contribution >= 0.6 is 0 Å². The van der Waals surface area contributed by atoms with Crippen LogP contribution in [-0.2, 0) is 4.79 Å². The van der Waals surface area contributed by atoms with Crippen LogP contribution in [0.2, 0.25) is 0 Å². The van der Waals surface area contributed by atoms with Crippen molar-refractivity contribution in [1.29, 1.82) is 0 Å². The maximum Gasteiger partial charge on any atom is 0.335 e. The van der Waals surface area contributed by atoms with Crippen molar-refractivity contribution in [1.82, 2.24) is 5.32 Å². The lowest BCUT2D eigenvalue weighted by molar-refractivity contribution is -0.120. The predicted octanol–water partition coefficient (Wildman–Crippen LogP) is 1.76. The van der Waals surface area contributed by atoms with Gasteiger partial charge in [0.2, 0.25) is 5.91 Å². The predicted molar refractivity (Wildman–Crippen MR) is 71.8 cm³/mol. The normalized spacial score (nSPS) is 14.3. The van der Waals surface area contributed by atoms with E-state index in [4.69, 9.17) is 10.2 Å². The SMILES string of the molecule is O=C(O)c1ccc(C(=O)O)cc1.O=C1CCCCCN1. The summed E-state index contributed by atoms with van der Waals surface area (Å²) in [4.78, 5) is 31.2. The van der Waals surface area contributed by atoms with E-state index in [1.807, 2.05) is 0 Å². The number of rotatable bonds is 2. The van der Waals surface area contributed by atoms with Gasteiger partial charge in [-0.3, -0.25) is 4.79 Å². The first kappa shape index (κ1) is 15.7. The van der Waals surface area contributed by atoms with Crippen molar-refractivity contribution < 1.29 is 24.6 Å². The Balaban J connectivity index is 0.000000217. The summed E-state index contributed by atoms with van der Waals surface area (Å²) in [5, 5.41) is 19.7. The monoisotopic (exact) mass is 279 g/mol. The highest BCUT2D eigenvalue weighted by Crippen LogP contribution is 2.04. The number of nitrogens with one attached hydrogen (secondary N) is 1. The van der Waals surface area contributed by atoms with Crippen LogP contribution in [0, 0.1) is 0 Å². The lowest BCUT2D eigenvalue weighted by Crippen LogP contribution is -2.21. The van der Waals surface area contributed by atoms with Gasteiger partial charge in [0.05, 0.1) is 11.1 Å². The fourth-order valence-corrected chi connectivity index (χ4v) is 1.66. The second-order valence-corrected chi connectivity index (χ2v) is 4.35. The molecular formula is C14H17NO5. The van der Waals surface area contributed by atoms with E-state index in [9.17, 15) is 14.4 Å². The molecule has 2 rings (SSSR count). The molecule has 0 atom stereocenters. The number of carbonyl (C=O) groups excluding carboxylic acids is 1. The topological polar surface area (TPSA) is 104 Å². The zero-order valence-electron chi connectivity index (χ0n) is 11.0. The molecule has 6 heteroatoms. The van der Waals surface area contributed by atoms with Crippen LogP contribution in [0.3, 0.4) is 0 Å². The Kier molecular flexibility index (Phi) is 6.22. The molecule has 0 unspecified atom stereocenters. The first-order valence-corrected chi connectivity index (χ1v) is 6.34. The summed E-state index contributed by atoms with van der Waals surface area (Å²) in [6, 6.07) is 5.02. The van der Waals surface area contributed by atoms with Crippen LogP contribution in [-0.4, -0.2) is 34.6 Å². The van der Waals surface area contributed by atoms with Gasteiger partial charge < -0.3 is 15.5 Å². The minimum Gasteiger partial charge on any atom is -0.478 e. The number of carbonyl (C=O) groups is 3. The molecule has 0 saturated carbocycles. The average molecular weight is 279 g/mol. The second-order valence-electron chi connectivity index (χ2n) is 4.35. The first-order valence-electron chi connectivity index (χ1n) is 6.34. The molecule has 1 aromatic rings. The molecule has 1 heterocycles. The van der Waals surface area contributed by atoms with E-state index in [1.54, 1.807) is 0 Å². The lowest BCUT2D eigenvalue weighted by Gasteiger charge is -1.94. The third-order valence-corrected chi connectivity index (χ3v) is 2.78. The van der Waals surface area contributed by atoms with Gasteiger partial charge in [-0.1, -0.05) is 6.42 Å². The summed E-state index contributed by atoms with van der Waals surface area (Å²) in [6.45, 7) is 0.888. The Morgan fingerprint density at radius 1 is 0.900 bits per heavy atom. The highest BCUT2D eigenvalue weighted by molar-refractivity contribution is 5.91. The third kappa shape index (κ3) is 5.51. The molecule has 1 saturated heterocycles. The van der Waals surface area contributed by atoms with Crippen molar-refractivity contribution in [2.45, 2.75) is 25.7 Å². The number of carboxylic acids is 2. The van der Waals surface area contributed by atoms with Crippen molar-refractivity contribution in [2.24, 2.45) is 0 Å².